The number of aromatic nitrogens is 4. The monoisotopic (exact) mass is 344 g/mol. The summed E-state index contributed by atoms with van der Waals surface area (Å²) >= 11 is 5.95. The van der Waals surface area contributed by atoms with E-state index >= 15 is 0 Å². The average Bonchev–Trinajstić information content (AvgIpc) is 3.21. The molecule has 3 heterocycles. The molecule has 1 aliphatic heterocycles. The standard InChI is InChI=1S/C17H17ClN4O2/c1-2-3-16-19-17(24-21-16)14-8-13-10-23-15(9-22(13)20-14)11-4-6-12(18)7-5-11/h4-8,15H,2-3,9-10H2,1H3. The highest BCUT2D eigenvalue weighted by atomic mass is 35.5. The molecule has 0 saturated heterocycles. The van der Waals surface area contributed by atoms with Gasteiger partial charge in [-0.3, -0.25) is 4.68 Å². The number of rotatable bonds is 4. The Morgan fingerprint density at radius 3 is 2.92 bits per heavy atom. The summed E-state index contributed by atoms with van der Waals surface area (Å²) < 4.78 is 13.2. The normalized spacial score (nSPS) is 17.0. The van der Waals surface area contributed by atoms with Crippen molar-refractivity contribution in [2.75, 3.05) is 0 Å². The molecule has 2 aromatic heterocycles. The van der Waals surface area contributed by atoms with Crippen molar-refractivity contribution in [3.8, 4) is 11.6 Å². The summed E-state index contributed by atoms with van der Waals surface area (Å²) in [5.74, 6) is 1.18. The van der Waals surface area contributed by atoms with Gasteiger partial charge in [0, 0.05) is 11.4 Å². The number of hydrogen-bond donors (Lipinski definition) is 0. The van der Waals surface area contributed by atoms with E-state index in [1.165, 1.54) is 0 Å². The Morgan fingerprint density at radius 2 is 2.12 bits per heavy atom. The number of halogens is 1. The minimum absolute atomic E-state index is 0.0409. The number of aryl methyl sites for hydroxylation is 1. The average molecular weight is 345 g/mol. The van der Waals surface area contributed by atoms with Crippen LogP contribution in [0.5, 0.6) is 0 Å². The second kappa shape index (κ2) is 6.37. The van der Waals surface area contributed by atoms with Gasteiger partial charge >= 0.3 is 0 Å². The first-order valence-electron chi connectivity index (χ1n) is 7.99. The summed E-state index contributed by atoms with van der Waals surface area (Å²) in [5.41, 5.74) is 2.79. The Balaban J connectivity index is 1.56. The lowest BCUT2D eigenvalue weighted by Gasteiger charge is -2.24. The lowest BCUT2D eigenvalue weighted by Crippen LogP contribution is -2.21. The van der Waals surface area contributed by atoms with E-state index in [9.17, 15) is 0 Å². The van der Waals surface area contributed by atoms with Crippen LogP contribution in [-0.2, 0) is 24.3 Å². The van der Waals surface area contributed by atoms with Gasteiger partial charge in [-0.15, -0.1) is 0 Å². The molecule has 124 valence electrons. The van der Waals surface area contributed by atoms with E-state index in [1.807, 2.05) is 35.0 Å². The molecule has 1 aromatic carbocycles. The lowest BCUT2D eigenvalue weighted by atomic mass is 10.1. The molecule has 3 aromatic rings. The van der Waals surface area contributed by atoms with Crippen LogP contribution in [0, 0.1) is 0 Å². The molecule has 7 heteroatoms. The van der Waals surface area contributed by atoms with E-state index in [1.54, 1.807) is 0 Å². The van der Waals surface area contributed by atoms with Gasteiger partial charge in [-0.05, 0) is 30.2 Å². The molecule has 1 atom stereocenters. The summed E-state index contributed by atoms with van der Waals surface area (Å²) in [7, 11) is 0. The predicted molar refractivity (Wildman–Crippen MR) is 88.5 cm³/mol. The van der Waals surface area contributed by atoms with E-state index < -0.39 is 0 Å². The number of nitrogens with zero attached hydrogens (tertiary/aromatic N) is 4. The van der Waals surface area contributed by atoms with Crippen molar-refractivity contribution in [2.24, 2.45) is 0 Å². The summed E-state index contributed by atoms with van der Waals surface area (Å²) in [5, 5.41) is 9.30. The highest BCUT2D eigenvalue weighted by Gasteiger charge is 2.24. The van der Waals surface area contributed by atoms with Crippen LogP contribution in [0.1, 0.15) is 36.5 Å². The minimum atomic E-state index is -0.0409. The Morgan fingerprint density at radius 1 is 1.29 bits per heavy atom. The van der Waals surface area contributed by atoms with Gasteiger partial charge in [0.1, 0.15) is 6.10 Å². The summed E-state index contributed by atoms with van der Waals surface area (Å²) in [6, 6.07) is 9.66. The van der Waals surface area contributed by atoms with Crippen LogP contribution in [0.15, 0.2) is 34.9 Å². The smallest absolute Gasteiger partial charge is 0.278 e. The fourth-order valence-corrected chi connectivity index (χ4v) is 2.92. The summed E-state index contributed by atoms with van der Waals surface area (Å²) in [6.07, 6.45) is 1.74. The van der Waals surface area contributed by atoms with Gasteiger partial charge in [-0.25, -0.2) is 0 Å². The van der Waals surface area contributed by atoms with Crippen molar-refractivity contribution in [1.82, 2.24) is 19.9 Å². The van der Waals surface area contributed by atoms with E-state index in [0.29, 0.717) is 30.6 Å². The predicted octanol–water partition coefficient (Wildman–Crippen LogP) is 3.81. The second-order valence-electron chi connectivity index (χ2n) is 5.82. The Labute approximate surface area is 144 Å². The minimum Gasteiger partial charge on any atom is -0.365 e. The van der Waals surface area contributed by atoms with E-state index in [0.717, 1.165) is 29.1 Å². The van der Waals surface area contributed by atoms with Crippen molar-refractivity contribution in [1.29, 1.82) is 0 Å². The molecule has 0 radical (unpaired) electrons. The van der Waals surface area contributed by atoms with Crippen molar-refractivity contribution < 1.29 is 9.26 Å². The topological polar surface area (TPSA) is 66.0 Å². The molecule has 4 rings (SSSR count). The Bertz CT molecular complexity index is 841. The van der Waals surface area contributed by atoms with Crippen LogP contribution < -0.4 is 0 Å². The fraction of sp³-hybridized carbons (Fsp3) is 0.353. The Kier molecular flexibility index (Phi) is 4.08. The highest BCUT2D eigenvalue weighted by Crippen LogP contribution is 2.29. The zero-order chi connectivity index (χ0) is 16.5. The van der Waals surface area contributed by atoms with Crippen molar-refractivity contribution in [2.45, 2.75) is 39.0 Å². The first-order valence-corrected chi connectivity index (χ1v) is 8.37. The van der Waals surface area contributed by atoms with Gasteiger partial charge in [0.15, 0.2) is 11.5 Å². The molecule has 0 saturated carbocycles. The van der Waals surface area contributed by atoms with E-state index in [-0.39, 0.29) is 6.10 Å². The first-order chi connectivity index (χ1) is 11.7. The van der Waals surface area contributed by atoms with Crippen LogP contribution in [-0.4, -0.2) is 19.9 Å². The van der Waals surface area contributed by atoms with Gasteiger partial charge in [0.2, 0.25) is 0 Å². The van der Waals surface area contributed by atoms with Crippen LogP contribution in [0.25, 0.3) is 11.6 Å². The number of fused-ring (bicyclic) bond motifs is 1. The molecule has 0 aliphatic carbocycles. The third-order valence-corrected chi connectivity index (χ3v) is 4.29. The third-order valence-electron chi connectivity index (χ3n) is 4.04. The molecule has 1 unspecified atom stereocenters. The first kappa shape index (κ1) is 15.4. The lowest BCUT2D eigenvalue weighted by molar-refractivity contribution is -0.00112. The molecule has 6 nitrogen and oxygen atoms in total. The van der Waals surface area contributed by atoms with Crippen molar-refractivity contribution in [3.05, 3.63) is 52.4 Å². The molecule has 0 N–H and O–H groups in total. The molecular formula is C17H17ClN4O2. The van der Waals surface area contributed by atoms with E-state index in [4.69, 9.17) is 20.9 Å². The maximum atomic E-state index is 5.95. The highest BCUT2D eigenvalue weighted by molar-refractivity contribution is 6.30. The van der Waals surface area contributed by atoms with Crippen LogP contribution in [0.4, 0.5) is 0 Å². The number of benzene rings is 1. The largest absolute Gasteiger partial charge is 0.365 e. The number of ether oxygens (including phenoxy) is 1. The summed E-state index contributed by atoms with van der Waals surface area (Å²) in [6.45, 7) is 3.22. The van der Waals surface area contributed by atoms with E-state index in [2.05, 4.69) is 22.2 Å². The summed E-state index contributed by atoms with van der Waals surface area (Å²) in [4.78, 5) is 4.39. The van der Waals surface area contributed by atoms with Gasteiger partial charge < -0.3 is 9.26 Å². The Hall–Kier alpha value is -2.18. The fourth-order valence-electron chi connectivity index (χ4n) is 2.79. The molecule has 1 aliphatic rings. The zero-order valence-corrected chi connectivity index (χ0v) is 14.0. The SMILES string of the molecule is CCCc1noc(-c2cc3n(n2)CC(c2ccc(Cl)cc2)OC3)n1. The van der Waals surface area contributed by atoms with Crippen molar-refractivity contribution in [3.63, 3.8) is 0 Å². The second-order valence-corrected chi connectivity index (χ2v) is 6.26. The van der Waals surface area contributed by atoms with Crippen molar-refractivity contribution >= 4 is 11.6 Å². The molecule has 24 heavy (non-hydrogen) atoms. The number of hydrogen-bond acceptors (Lipinski definition) is 5. The van der Waals surface area contributed by atoms with Gasteiger partial charge in [-0.1, -0.05) is 35.8 Å². The van der Waals surface area contributed by atoms with Crippen LogP contribution in [0.3, 0.4) is 0 Å². The molecule has 0 spiro atoms. The molecule has 0 amide bonds. The van der Waals surface area contributed by atoms with Crippen LogP contribution in [0.2, 0.25) is 5.02 Å². The zero-order valence-electron chi connectivity index (χ0n) is 13.3. The molecule has 0 fully saturated rings. The molecular weight excluding hydrogens is 328 g/mol. The van der Waals surface area contributed by atoms with Gasteiger partial charge in [0.05, 0.1) is 18.8 Å². The van der Waals surface area contributed by atoms with Crippen LogP contribution >= 0.6 is 11.6 Å². The third kappa shape index (κ3) is 2.95. The van der Waals surface area contributed by atoms with Gasteiger partial charge in [-0.2, -0.15) is 10.1 Å². The maximum absolute atomic E-state index is 5.95. The quantitative estimate of drug-likeness (QED) is 0.720. The maximum Gasteiger partial charge on any atom is 0.278 e. The van der Waals surface area contributed by atoms with Gasteiger partial charge in [0.25, 0.3) is 5.89 Å². The molecule has 0 bridgehead atoms.